The number of carbonyl (C=O) groups is 4. The third-order valence-electron chi connectivity index (χ3n) is 6.85. The molecule has 0 aromatic heterocycles. The van der Waals surface area contributed by atoms with Crippen molar-refractivity contribution in [3.8, 4) is 0 Å². The van der Waals surface area contributed by atoms with Crippen LogP contribution in [0.25, 0.3) is 10.8 Å². The Hall–Kier alpha value is -3.42. The summed E-state index contributed by atoms with van der Waals surface area (Å²) in [6.07, 6.45) is 9.92. The predicted octanol–water partition coefficient (Wildman–Crippen LogP) is 7.48. The zero-order valence-corrected chi connectivity index (χ0v) is 22.9. The Balaban J connectivity index is 1.74. The first kappa shape index (κ1) is 29.1. The summed E-state index contributed by atoms with van der Waals surface area (Å²) in [7, 11) is 0. The summed E-state index contributed by atoms with van der Waals surface area (Å²) in [6, 6.07) is 8.14. The first-order valence-corrected chi connectivity index (χ1v) is 14.0. The largest absolute Gasteiger partial charge is 0.449 e. The Morgan fingerprint density at radius 3 is 1.79 bits per heavy atom. The van der Waals surface area contributed by atoms with Gasteiger partial charge in [0.15, 0.2) is 0 Å². The molecule has 1 heterocycles. The summed E-state index contributed by atoms with van der Waals surface area (Å²) >= 11 is 0. The minimum atomic E-state index is -0.886. The molecule has 0 bridgehead atoms. The molecule has 0 fully saturated rings. The number of rotatable bonds is 14. The van der Waals surface area contributed by atoms with Crippen LogP contribution in [-0.2, 0) is 9.47 Å². The minimum absolute atomic E-state index is 0.0703. The van der Waals surface area contributed by atoms with Crippen molar-refractivity contribution in [2.24, 2.45) is 0 Å². The smallest absolute Gasteiger partial charge is 0.424 e. The summed E-state index contributed by atoms with van der Waals surface area (Å²) < 4.78 is 10.2. The molecular weight excluding hydrogens is 484 g/mol. The number of carbonyl (C=O) groups excluding carboxylic acids is 4. The predicted molar refractivity (Wildman–Crippen MR) is 148 cm³/mol. The Morgan fingerprint density at radius 1 is 0.711 bits per heavy atom. The van der Waals surface area contributed by atoms with Gasteiger partial charge in [-0.2, -0.15) is 4.90 Å². The van der Waals surface area contributed by atoms with Gasteiger partial charge in [-0.1, -0.05) is 76.8 Å². The molecule has 1 aliphatic heterocycles. The van der Waals surface area contributed by atoms with Gasteiger partial charge in [0.2, 0.25) is 0 Å². The van der Waals surface area contributed by atoms with Crippen molar-refractivity contribution in [1.82, 2.24) is 4.90 Å². The quantitative estimate of drug-likeness (QED) is 0.188. The van der Waals surface area contributed by atoms with E-state index in [1.165, 1.54) is 55.9 Å². The SMILES string of the molecule is CCCCCCCCCCCCN1C(=O)c2cccc3c(N(C(=O)OCC)C(=O)OCC)ccc(c23)C1=O. The zero-order valence-electron chi connectivity index (χ0n) is 22.9. The number of benzene rings is 2. The van der Waals surface area contributed by atoms with Crippen LogP contribution in [0.4, 0.5) is 15.3 Å². The molecule has 0 N–H and O–H groups in total. The van der Waals surface area contributed by atoms with Gasteiger partial charge in [-0.25, -0.2) is 9.59 Å². The summed E-state index contributed by atoms with van der Waals surface area (Å²) in [5.41, 5.74) is 0.948. The Labute approximate surface area is 225 Å². The van der Waals surface area contributed by atoms with Gasteiger partial charge in [-0.15, -0.1) is 0 Å². The highest BCUT2D eigenvalue weighted by atomic mass is 16.6. The Kier molecular flexibility index (Phi) is 11.1. The van der Waals surface area contributed by atoms with Crippen molar-refractivity contribution < 1.29 is 28.7 Å². The first-order valence-electron chi connectivity index (χ1n) is 14.0. The molecule has 4 amide bonds. The van der Waals surface area contributed by atoms with E-state index in [4.69, 9.17) is 9.47 Å². The zero-order chi connectivity index (χ0) is 27.5. The van der Waals surface area contributed by atoms with Crippen LogP contribution in [0.2, 0.25) is 0 Å². The molecule has 206 valence electrons. The maximum Gasteiger partial charge on any atom is 0.424 e. The van der Waals surface area contributed by atoms with Gasteiger partial charge in [0, 0.05) is 28.4 Å². The number of unbranched alkanes of at least 4 members (excludes halogenated alkanes) is 9. The van der Waals surface area contributed by atoms with Crippen molar-refractivity contribution in [3.63, 3.8) is 0 Å². The number of anilines is 1. The molecular formula is C30H40N2O6. The summed E-state index contributed by atoms with van der Waals surface area (Å²) in [5, 5.41) is 0.860. The van der Waals surface area contributed by atoms with Gasteiger partial charge in [0.05, 0.1) is 18.9 Å². The Bertz CT molecular complexity index is 1100. The standard InChI is InChI=1S/C30H40N2O6/c1-4-7-8-9-10-11-12-13-14-15-21-31-27(33)23-18-16-17-22-25(20-19-24(26(22)23)28(31)34)32(29(35)37-5-2)30(36)38-6-3/h16-20H,4-15,21H2,1-3H3. The summed E-state index contributed by atoms with van der Waals surface area (Å²) in [5.74, 6) is -0.722. The molecule has 0 atom stereocenters. The second kappa shape index (κ2) is 14.5. The normalized spacial score (nSPS) is 12.7. The van der Waals surface area contributed by atoms with E-state index in [9.17, 15) is 19.2 Å². The second-order valence-corrected chi connectivity index (χ2v) is 9.54. The van der Waals surface area contributed by atoms with Crippen LogP contribution < -0.4 is 4.90 Å². The molecule has 38 heavy (non-hydrogen) atoms. The molecule has 2 aromatic carbocycles. The van der Waals surface area contributed by atoms with Gasteiger partial charge < -0.3 is 9.47 Å². The van der Waals surface area contributed by atoms with Crippen LogP contribution in [0.15, 0.2) is 30.3 Å². The van der Waals surface area contributed by atoms with E-state index in [2.05, 4.69) is 6.92 Å². The fraction of sp³-hybridized carbons (Fsp3) is 0.533. The number of hydrogen-bond donors (Lipinski definition) is 0. The summed E-state index contributed by atoms with van der Waals surface area (Å²) in [6.45, 7) is 6.00. The minimum Gasteiger partial charge on any atom is -0.449 e. The van der Waals surface area contributed by atoms with Crippen LogP contribution >= 0.6 is 0 Å². The highest BCUT2D eigenvalue weighted by Gasteiger charge is 2.35. The van der Waals surface area contributed by atoms with E-state index < -0.39 is 12.2 Å². The third kappa shape index (κ3) is 6.71. The van der Waals surface area contributed by atoms with E-state index in [0.29, 0.717) is 28.4 Å². The average Bonchev–Trinajstić information content (AvgIpc) is 2.91. The van der Waals surface area contributed by atoms with Crippen molar-refractivity contribution in [2.45, 2.75) is 85.0 Å². The lowest BCUT2D eigenvalue weighted by atomic mass is 9.92. The number of amides is 4. The van der Waals surface area contributed by atoms with E-state index in [1.807, 2.05) is 0 Å². The molecule has 8 nitrogen and oxygen atoms in total. The number of hydrogen-bond acceptors (Lipinski definition) is 6. The molecule has 2 aromatic rings. The van der Waals surface area contributed by atoms with E-state index >= 15 is 0 Å². The highest BCUT2D eigenvalue weighted by molar-refractivity contribution is 6.28. The maximum atomic E-state index is 13.4. The van der Waals surface area contributed by atoms with Gasteiger partial charge >= 0.3 is 12.2 Å². The van der Waals surface area contributed by atoms with Crippen molar-refractivity contribution in [2.75, 3.05) is 24.7 Å². The van der Waals surface area contributed by atoms with Gasteiger partial charge in [0.25, 0.3) is 11.8 Å². The lowest BCUT2D eigenvalue weighted by molar-refractivity contribution is 0.0607. The molecule has 0 radical (unpaired) electrons. The van der Waals surface area contributed by atoms with Gasteiger partial charge in [0.1, 0.15) is 0 Å². The van der Waals surface area contributed by atoms with Crippen LogP contribution in [0, 0.1) is 0 Å². The van der Waals surface area contributed by atoms with E-state index in [-0.39, 0.29) is 30.7 Å². The summed E-state index contributed by atoms with van der Waals surface area (Å²) in [4.78, 5) is 54.2. The molecule has 0 saturated heterocycles. The Morgan fingerprint density at radius 2 is 1.24 bits per heavy atom. The molecule has 0 unspecified atom stereocenters. The van der Waals surface area contributed by atoms with Crippen LogP contribution in [0.5, 0.6) is 0 Å². The van der Waals surface area contributed by atoms with E-state index in [0.717, 1.165) is 24.2 Å². The first-order chi connectivity index (χ1) is 18.5. The van der Waals surface area contributed by atoms with Gasteiger partial charge in [-0.3, -0.25) is 14.5 Å². The topological polar surface area (TPSA) is 93.2 Å². The average molecular weight is 525 g/mol. The molecule has 3 rings (SSSR count). The van der Waals surface area contributed by atoms with Crippen LogP contribution in [0.1, 0.15) is 106 Å². The second-order valence-electron chi connectivity index (χ2n) is 9.54. The molecule has 0 spiro atoms. The molecule has 0 aliphatic carbocycles. The number of ether oxygens (including phenoxy) is 2. The number of imide groups is 2. The monoisotopic (exact) mass is 524 g/mol. The van der Waals surface area contributed by atoms with Gasteiger partial charge in [-0.05, 0) is 38.5 Å². The van der Waals surface area contributed by atoms with Crippen molar-refractivity contribution in [3.05, 3.63) is 41.5 Å². The fourth-order valence-electron chi connectivity index (χ4n) is 4.93. The molecule has 8 heteroatoms. The van der Waals surface area contributed by atoms with E-state index in [1.54, 1.807) is 38.1 Å². The van der Waals surface area contributed by atoms with Crippen molar-refractivity contribution >= 4 is 40.5 Å². The lowest BCUT2D eigenvalue weighted by Crippen LogP contribution is -2.41. The van der Waals surface area contributed by atoms with Crippen molar-refractivity contribution in [1.29, 1.82) is 0 Å². The third-order valence-corrected chi connectivity index (χ3v) is 6.85. The van der Waals surface area contributed by atoms with Crippen LogP contribution in [0.3, 0.4) is 0 Å². The lowest BCUT2D eigenvalue weighted by Gasteiger charge is -2.29. The molecule has 0 saturated carbocycles. The highest BCUT2D eigenvalue weighted by Crippen LogP contribution is 2.36. The van der Waals surface area contributed by atoms with Crippen LogP contribution in [-0.4, -0.2) is 48.7 Å². The fourth-order valence-corrected chi connectivity index (χ4v) is 4.93. The number of nitrogens with zero attached hydrogens (tertiary/aromatic N) is 2. The molecule has 1 aliphatic rings. The maximum absolute atomic E-state index is 13.4.